The van der Waals surface area contributed by atoms with E-state index in [1.54, 1.807) is 0 Å². The molecule has 0 atom stereocenters. The van der Waals surface area contributed by atoms with E-state index in [9.17, 15) is 0 Å². The molecular weight excluding hydrogens is 294 g/mol. The lowest BCUT2D eigenvalue weighted by Crippen LogP contribution is -2.04. The quantitative estimate of drug-likeness (QED) is 0.602. The molecule has 108 valence electrons. The lowest BCUT2D eigenvalue weighted by molar-refractivity contribution is 0.532. The van der Waals surface area contributed by atoms with E-state index in [0.717, 1.165) is 33.2 Å². The molecule has 4 rings (SSSR count). The summed E-state index contributed by atoms with van der Waals surface area (Å²) >= 11 is 6.01. The second kappa shape index (κ2) is 5.15. The first-order valence-corrected chi connectivity index (χ1v) is 7.59. The summed E-state index contributed by atoms with van der Waals surface area (Å²) in [7, 11) is 0. The predicted molar refractivity (Wildman–Crippen MR) is 89.7 cm³/mol. The highest BCUT2D eigenvalue weighted by molar-refractivity contribution is 6.30. The average molecular weight is 308 g/mol. The summed E-state index contributed by atoms with van der Waals surface area (Å²) in [6, 6.07) is 16.2. The van der Waals surface area contributed by atoms with Gasteiger partial charge in [0.1, 0.15) is 5.76 Å². The summed E-state index contributed by atoms with van der Waals surface area (Å²) in [5.74, 6) is 0.940. The van der Waals surface area contributed by atoms with Crippen molar-refractivity contribution < 1.29 is 4.42 Å². The second-order valence-corrected chi connectivity index (χ2v) is 5.85. The number of halogens is 1. The first-order chi connectivity index (χ1) is 10.7. The van der Waals surface area contributed by atoms with Crippen LogP contribution in [0.2, 0.25) is 5.02 Å². The number of benzene rings is 2. The molecule has 2 heterocycles. The Morgan fingerprint density at radius 1 is 1.00 bits per heavy atom. The Morgan fingerprint density at radius 2 is 1.73 bits per heavy atom. The topological polar surface area (TPSA) is 25.5 Å². The minimum atomic E-state index is 0.624. The fourth-order valence-electron chi connectivity index (χ4n) is 2.99. The van der Waals surface area contributed by atoms with Gasteiger partial charge in [0.05, 0.1) is 18.5 Å². The number of nitrogens with zero attached hydrogens (tertiary/aromatic N) is 1. The first kappa shape index (κ1) is 13.4. The third-order valence-corrected chi connectivity index (χ3v) is 4.28. The van der Waals surface area contributed by atoms with Crippen LogP contribution in [0.1, 0.15) is 22.5 Å². The van der Waals surface area contributed by atoms with Gasteiger partial charge < -0.3 is 4.42 Å². The van der Waals surface area contributed by atoms with Crippen LogP contribution in [0.25, 0.3) is 11.1 Å². The third-order valence-electron chi connectivity index (χ3n) is 4.03. The standard InChI is InChI=1S/C19H14ClNO/c1-12-18-14(11-22-12)10-21-19(13-6-8-15(20)9-7-13)17-5-3-2-4-16(17)18/h2-9,11H,10H2,1H3. The van der Waals surface area contributed by atoms with Crippen molar-refractivity contribution in [2.45, 2.75) is 13.5 Å². The van der Waals surface area contributed by atoms with Gasteiger partial charge in [0.25, 0.3) is 0 Å². The van der Waals surface area contributed by atoms with Gasteiger partial charge in [-0.3, -0.25) is 4.99 Å². The Balaban J connectivity index is 1.96. The van der Waals surface area contributed by atoms with Crippen LogP contribution in [0.5, 0.6) is 0 Å². The van der Waals surface area contributed by atoms with Crippen LogP contribution in [0.15, 0.2) is 64.2 Å². The molecule has 0 bridgehead atoms. The molecule has 1 aliphatic rings. The molecule has 3 heteroatoms. The number of furan rings is 1. The molecule has 0 N–H and O–H groups in total. The Morgan fingerprint density at radius 3 is 2.50 bits per heavy atom. The van der Waals surface area contributed by atoms with E-state index in [1.165, 1.54) is 11.1 Å². The molecule has 1 aliphatic heterocycles. The number of aryl methyl sites for hydroxylation is 1. The third kappa shape index (κ3) is 2.08. The molecule has 3 aromatic rings. The molecule has 1 aromatic heterocycles. The van der Waals surface area contributed by atoms with Gasteiger partial charge in [0.2, 0.25) is 0 Å². The molecule has 2 nitrogen and oxygen atoms in total. The van der Waals surface area contributed by atoms with Crippen LogP contribution in [-0.4, -0.2) is 5.71 Å². The fraction of sp³-hybridized carbons (Fsp3) is 0.105. The summed E-state index contributed by atoms with van der Waals surface area (Å²) in [6.45, 7) is 2.63. The van der Waals surface area contributed by atoms with Crippen molar-refractivity contribution in [3.8, 4) is 11.1 Å². The fourth-order valence-corrected chi connectivity index (χ4v) is 3.12. The van der Waals surface area contributed by atoms with Gasteiger partial charge in [-0.2, -0.15) is 0 Å². The monoisotopic (exact) mass is 307 g/mol. The average Bonchev–Trinajstić information content (AvgIpc) is 2.82. The SMILES string of the molecule is Cc1occ2c1-c1ccccc1C(c1ccc(Cl)cc1)=NC2. The Labute approximate surface area is 134 Å². The molecule has 0 fully saturated rings. The van der Waals surface area contributed by atoms with Gasteiger partial charge in [-0.15, -0.1) is 0 Å². The maximum atomic E-state index is 6.01. The van der Waals surface area contributed by atoms with Gasteiger partial charge in [0, 0.05) is 27.3 Å². The van der Waals surface area contributed by atoms with Gasteiger partial charge in [0.15, 0.2) is 0 Å². The maximum Gasteiger partial charge on any atom is 0.108 e. The highest BCUT2D eigenvalue weighted by atomic mass is 35.5. The van der Waals surface area contributed by atoms with E-state index >= 15 is 0 Å². The Kier molecular flexibility index (Phi) is 3.12. The maximum absolute atomic E-state index is 6.01. The Bertz CT molecular complexity index is 875. The number of hydrogen-bond acceptors (Lipinski definition) is 2. The number of rotatable bonds is 1. The molecule has 0 aliphatic carbocycles. The highest BCUT2D eigenvalue weighted by Crippen LogP contribution is 2.36. The second-order valence-electron chi connectivity index (χ2n) is 5.41. The predicted octanol–water partition coefficient (Wildman–Crippen LogP) is 5.26. The smallest absolute Gasteiger partial charge is 0.108 e. The van der Waals surface area contributed by atoms with Crippen molar-refractivity contribution in [1.29, 1.82) is 0 Å². The zero-order valence-electron chi connectivity index (χ0n) is 12.1. The zero-order chi connectivity index (χ0) is 15.1. The van der Waals surface area contributed by atoms with E-state index < -0.39 is 0 Å². The molecule has 0 saturated carbocycles. The van der Waals surface area contributed by atoms with Crippen molar-refractivity contribution >= 4 is 17.3 Å². The van der Waals surface area contributed by atoms with Crippen molar-refractivity contribution in [3.05, 3.63) is 82.3 Å². The molecule has 0 saturated heterocycles. The van der Waals surface area contributed by atoms with E-state index in [4.69, 9.17) is 21.0 Å². The summed E-state index contributed by atoms with van der Waals surface area (Å²) in [5, 5.41) is 0.734. The van der Waals surface area contributed by atoms with Gasteiger partial charge >= 0.3 is 0 Å². The Hall–Kier alpha value is -2.32. The zero-order valence-corrected chi connectivity index (χ0v) is 12.9. The molecule has 0 unspecified atom stereocenters. The summed E-state index contributed by atoms with van der Waals surface area (Å²) < 4.78 is 5.60. The minimum Gasteiger partial charge on any atom is -0.469 e. The van der Waals surface area contributed by atoms with Crippen LogP contribution in [0.4, 0.5) is 0 Å². The van der Waals surface area contributed by atoms with Crippen LogP contribution < -0.4 is 0 Å². The molecule has 22 heavy (non-hydrogen) atoms. The number of aliphatic imine (C=N–C) groups is 1. The highest BCUT2D eigenvalue weighted by Gasteiger charge is 2.21. The van der Waals surface area contributed by atoms with E-state index in [1.807, 2.05) is 43.5 Å². The van der Waals surface area contributed by atoms with Crippen molar-refractivity contribution in [2.24, 2.45) is 4.99 Å². The van der Waals surface area contributed by atoms with Crippen molar-refractivity contribution in [3.63, 3.8) is 0 Å². The van der Waals surface area contributed by atoms with Crippen LogP contribution in [0.3, 0.4) is 0 Å². The van der Waals surface area contributed by atoms with Crippen LogP contribution in [0, 0.1) is 6.92 Å². The normalized spacial score (nSPS) is 13.1. The van der Waals surface area contributed by atoms with Crippen LogP contribution >= 0.6 is 11.6 Å². The lowest BCUT2D eigenvalue weighted by atomic mass is 9.93. The molecule has 2 aromatic carbocycles. The van der Waals surface area contributed by atoms with E-state index in [2.05, 4.69) is 18.2 Å². The summed E-state index contributed by atoms with van der Waals surface area (Å²) in [4.78, 5) is 4.83. The summed E-state index contributed by atoms with van der Waals surface area (Å²) in [5.41, 5.74) is 6.69. The molecule has 0 radical (unpaired) electrons. The van der Waals surface area contributed by atoms with Crippen molar-refractivity contribution in [2.75, 3.05) is 0 Å². The van der Waals surface area contributed by atoms with Gasteiger partial charge in [-0.05, 0) is 24.6 Å². The van der Waals surface area contributed by atoms with E-state index in [-0.39, 0.29) is 0 Å². The summed E-state index contributed by atoms with van der Waals surface area (Å²) in [6.07, 6.45) is 1.82. The van der Waals surface area contributed by atoms with Crippen molar-refractivity contribution in [1.82, 2.24) is 0 Å². The molecular formula is C19H14ClNO. The van der Waals surface area contributed by atoms with Gasteiger partial charge in [-0.1, -0.05) is 48.0 Å². The minimum absolute atomic E-state index is 0.624. The number of hydrogen-bond donors (Lipinski definition) is 0. The van der Waals surface area contributed by atoms with E-state index in [0.29, 0.717) is 6.54 Å². The largest absolute Gasteiger partial charge is 0.469 e. The molecule has 0 amide bonds. The lowest BCUT2D eigenvalue weighted by Gasteiger charge is -2.10. The van der Waals surface area contributed by atoms with Crippen LogP contribution in [-0.2, 0) is 6.54 Å². The molecule has 0 spiro atoms. The first-order valence-electron chi connectivity index (χ1n) is 7.21. The van der Waals surface area contributed by atoms with Gasteiger partial charge in [-0.25, -0.2) is 0 Å². The number of fused-ring (bicyclic) bond motifs is 3.